The minimum Gasteiger partial charge on any atom is -0.382 e. The number of nitrogen functional groups attached to an aromatic ring is 1. The number of nitrogens with two attached hydrogens (primary N) is 1. The maximum absolute atomic E-state index is 14.0. The number of alkyl halides is 3. The Morgan fingerprint density at radius 2 is 1.62 bits per heavy atom. The summed E-state index contributed by atoms with van der Waals surface area (Å²) in [6.45, 7) is 4.16. The zero-order valence-electron chi connectivity index (χ0n) is 15.2. The molecule has 0 bridgehead atoms. The Bertz CT molecular complexity index is 952. The lowest BCUT2D eigenvalue weighted by molar-refractivity contribution is -0.176. The number of nitrogens with zero attached hydrogens (tertiary/aromatic N) is 2. The molecule has 0 amide bonds. The van der Waals surface area contributed by atoms with E-state index in [0.717, 1.165) is 6.07 Å². The average Bonchev–Trinajstić information content (AvgIpc) is 3.04. The zero-order valence-corrected chi connectivity index (χ0v) is 15.2. The van der Waals surface area contributed by atoms with Gasteiger partial charge in [-0.1, -0.05) is 0 Å². The molecular weight excluding hydrogens is 393 g/mol. The van der Waals surface area contributed by atoms with Crippen molar-refractivity contribution in [3.8, 4) is 16.9 Å². The fraction of sp³-hybridized carbons (Fsp3) is 0.150. The average molecular weight is 411 g/mol. The van der Waals surface area contributed by atoms with E-state index in [-0.39, 0.29) is 11.4 Å². The van der Waals surface area contributed by atoms with Gasteiger partial charge in [0.25, 0.3) is 0 Å². The van der Waals surface area contributed by atoms with Gasteiger partial charge in [-0.3, -0.25) is 0 Å². The summed E-state index contributed by atoms with van der Waals surface area (Å²) in [6, 6.07) is 10.7. The smallest absolute Gasteiger partial charge is 0.382 e. The number of hydrogen-bond acceptors (Lipinski definition) is 3. The number of halogens is 5. The Morgan fingerprint density at radius 1 is 0.966 bits per heavy atom. The monoisotopic (exact) mass is 411 g/mol. The topological polar surface area (TPSA) is 53.1 Å². The second-order valence-corrected chi connectivity index (χ2v) is 5.80. The van der Waals surface area contributed by atoms with Gasteiger partial charge in [0.15, 0.2) is 0 Å². The molecule has 0 spiro atoms. The van der Waals surface area contributed by atoms with E-state index in [0.29, 0.717) is 16.9 Å². The molecule has 0 saturated heterocycles. The molecule has 3 rings (SSSR count). The van der Waals surface area contributed by atoms with E-state index in [1.807, 2.05) is 0 Å². The Balaban J connectivity index is 0.00000145. The highest BCUT2D eigenvalue weighted by Gasteiger charge is 2.27. The van der Waals surface area contributed by atoms with Gasteiger partial charge in [0.05, 0.1) is 18.0 Å². The van der Waals surface area contributed by atoms with E-state index in [1.165, 1.54) is 47.1 Å². The van der Waals surface area contributed by atoms with Crippen LogP contribution in [0.4, 0.5) is 27.8 Å². The molecule has 1 heterocycles. The Hall–Kier alpha value is -3.20. The van der Waals surface area contributed by atoms with Gasteiger partial charge < -0.3 is 10.5 Å². The van der Waals surface area contributed by atoms with Crippen LogP contribution >= 0.6 is 0 Å². The quantitative estimate of drug-likeness (QED) is 0.459. The number of hydrogen-bond donors (Lipinski definition) is 1. The first kappa shape index (κ1) is 22.1. The first-order valence-electron chi connectivity index (χ1n) is 8.27. The third-order valence-corrected chi connectivity index (χ3v) is 3.59. The second kappa shape index (κ2) is 9.33. The summed E-state index contributed by atoms with van der Waals surface area (Å²) in [5.41, 5.74) is 7.19. The fourth-order valence-corrected chi connectivity index (χ4v) is 2.55. The van der Waals surface area contributed by atoms with Gasteiger partial charge in [-0.05, 0) is 48.0 Å². The number of aromatic nitrogens is 2. The Morgan fingerprint density at radius 3 is 2.24 bits per heavy atom. The third-order valence-electron chi connectivity index (χ3n) is 3.59. The molecule has 3 aromatic rings. The second-order valence-electron chi connectivity index (χ2n) is 5.80. The van der Waals surface area contributed by atoms with Crippen LogP contribution < -0.4 is 5.73 Å². The summed E-state index contributed by atoms with van der Waals surface area (Å²) >= 11 is 0. The maximum Gasteiger partial charge on any atom is 0.411 e. The maximum atomic E-state index is 14.0. The molecular formula is C20H18F5N3O. The van der Waals surface area contributed by atoms with E-state index < -0.39 is 31.0 Å². The van der Waals surface area contributed by atoms with Crippen molar-refractivity contribution < 1.29 is 26.7 Å². The molecule has 0 aliphatic heterocycles. The van der Waals surface area contributed by atoms with Crippen LogP contribution in [0, 0.1) is 11.6 Å². The van der Waals surface area contributed by atoms with Crippen molar-refractivity contribution in [2.24, 2.45) is 0 Å². The molecule has 0 saturated carbocycles. The molecule has 0 radical (unpaired) electrons. The predicted octanol–water partition coefficient (Wildman–Crippen LogP) is 5.28. The van der Waals surface area contributed by atoms with Crippen molar-refractivity contribution in [2.75, 3.05) is 12.3 Å². The molecule has 1 aromatic heterocycles. The molecule has 0 aliphatic rings. The van der Waals surface area contributed by atoms with Crippen molar-refractivity contribution in [2.45, 2.75) is 12.8 Å². The molecule has 2 N–H and O–H groups in total. The lowest BCUT2D eigenvalue weighted by atomic mass is 10.1. The van der Waals surface area contributed by atoms with E-state index >= 15 is 0 Å². The van der Waals surface area contributed by atoms with Crippen LogP contribution in [0.3, 0.4) is 0 Å². The minimum absolute atomic E-state index is 0.147. The van der Waals surface area contributed by atoms with Crippen molar-refractivity contribution in [1.82, 2.24) is 9.78 Å². The van der Waals surface area contributed by atoms with Crippen LogP contribution in [-0.2, 0) is 11.3 Å². The number of ether oxygens (including phenoxy) is 1. The van der Waals surface area contributed by atoms with Crippen LogP contribution in [0.2, 0.25) is 0 Å². The van der Waals surface area contributed by atoms with Crippen LogP contribution in [-0.4, -0.2) is 22.6 Å². The van der Waals surface area contributed by atoms with Gasteiger partial charge in [-0.2, -0.15) is 18.3 Å². The summed E-state index contributed by atoms with van der Waals surface area (Å²) in [4.78, 5) is 0. The fourth-order valence-electron chi connectivity index (χ4n) is 2.55. The van der Waals surface area contributed by atoms with Gasteiger partial charge in [-0.15, -0.1) is 13.2 Å². The van der Waals surface area contributed by atoms with Gasteiger partial charge in [0.2, 0.25) is 0 Å². The van der Waals surface area contributed by atoms with Gasteiger partial charge in [0.1, 0.15) is 24.1 Å². The van der Waals surface area contributed by atoms with Crippen molar-refractivity contribution in [1.29, 1.82) is 0 Å². The summed E-state index contributed by atoms with van der Waals surface area (Å²) in [5.74, 6) is -0.938. The standard InChI is InChI=1S/C18H14F5N3O.C2H4/c19-13-1-3-15(4-2-13)26-16(8-17(24)25-26)12-5-11(6-14(20)7-12)9-27-10-18(21,22)23;1-2/h1-8H,9-10H2,(H2,24,25);1-2H2. The first-order chi connectivity index (χ1) is 13.7. The van der Waals surface area contributed by atoms with Crippen LogP contribution in [0.25, 0.3) is 16.9 Å². The predicted molar refractivity (Wildman–Crippen MR) is 100 cm³/mol. The largest absolute Gasteiger partial charge is 0.411 e. The van der Waals surface area contributed by atoms with Crippen molar-refractivity contribution in [3.05, 3.63) is 78.9 Å². The molecule has 0 unspecified atom stereocenters. The lowest BCUT2D eigenvalue weighted by Crippen LogP contribution is -2.16. The summed E-state index contributed by atoms with van der Waals surface area (Å²) in [6.07, 6.45) is -4.47. The molecule has 154 valence electrons. The molecule has 9 heteroatoms. The van der Waals surface area contributed by atoms with Crippen molar-refractivity contribution in [3.63, 3.8) is 0 Å². The molecule has 0 atom stereocenters. The van der Waals surface area contributed by atoms with Crippen LogP contribution in [0.1, 0.15) is 5.56 Å². The van der Waals surface area contributed by atoms with E-state index in [9.17, 15) is 22.0 Å². The van der Waals surface area contributed by atoms with E-state index in [4.69, 9.17) is 5.73 Å². The SMILES string of the molecule is C=C.Nc1cc(-c2cc(F)cc(COCC(F)(F)F)c2)n(-c2ccc(F)cc2)n1. The summed E-state index contributed by atoms with van der Waals surface area (Å²) in [7, 11) is 0. The van der Waals surface area contributed by atoms with Crippen LogP contribution in [0.15, 0.2) is 61.7 Å². The van der Waals surface area contributed by atoms with Crippen LogP contribution in [0.5, 0.6) is 0 Å². The van der Waals surface area contributed by atoms with Gasteiger partial charge in [0, 0.05) is 11.6 Å². The number of rotatable bonds is 5. The minimum atomic E-state index is -4.47. The van der Waals surface area contributed by atoms with E-state index in [2.05, 4.69) is 23.0 Å². The number of benzene rings is 2. The summed E-state index contributed by atoms with van der Waals surface area (Å²) in [5, 5.41) is 4.11. The van der Waals surface area contributed by atoms with Gasteiger partial charge >= 0.3 is 6.18 Å². The Labute approximate surface area is 164 Å². The zero-order chi connectivity index (χ0) is 21.6. The highest BCUT2D eigenvalue weighted by Crippen LogP contribution is 2.27. The molecule has 29 heavy (non-hydrogen) atoms. The first-order valence-corrected chi connectivity index (χ1v) is 8.27. The van der Waals surface area contributed by atoms with Gasteiger partial charge in [-0.25, -0.2) is 13.5 Å². The molecule has 4 nitrogen and oxygen atoms in total. The third kappa shape index (κ3) is 6.15. The van der Waals surface area contributed by atoms with E-state index in [1.54, 1.807) is 0 Å². The Kier molecular flexibility index (Phi) is 7.11. The highest BCUT2D eigenvalue weighted by atomic mass is 19.4. The molecule has 0 aliphatic carbocycles. The van der Waals surface area contributed by atoms with Crippen molar-refractivity contribution >= 4 is 5.82 Å². The molecule has 0 fully saturated rings. The number of anilines is 1. The lowest BCUT2D eigenvalue weighted by Gasteiger charge is -2.11. The summed E-state index contributed by atoms with van der Waals surface area (Å²) < 4.78 is 69.7. The highest BCUT2D eigenvalue weighted by molar-refractivity contribution is 5.66. The normalized spacial score (nSPS) is 11.1. The molecule has 2 aromatic carbocycles.